The van der Waals surface area contributed by atoms with Crippen molar-refractivity contribution in [3.8, 4) is 5.75 Å². The average Bonchev–Trinajstić information content (AvgIpc) is 2.77. The SMILES string of the molecule is O=C(Nc1cc(C(F)(F)F)on1)c1ccccc1O. The van der Waals surface area contributed by atoms with Crippen LogP contribution in [0.2, 0.25) is 0 Å². The molecule has 1 amide bonds. The van der Waals surface area contributed by atoms with Crippen LogP contribution in [0.1, 0.15) is 16.1 Å². The molecule has 0 saturated carbocycles. The van der Waals surface area contributed by atoms with Crippen LogP contribution < -0.4 is 5.32 Å². The fraction of sp³-hybridized carbons (Fsp3) is 0.0909. The number of alkyl halides is 3. The highest BCUT2D eigenvalue weighted by molar-refractivity contribution is 6.05. The van der Waals surface area contributed by atoms with Crippen LogP contribution in [0.25, 0.3) is 0 Å². The lowest BCUT2D eigenvalue weighted by molar-refractivity contribution is -0.155. The molecule has 0 aliphatic carbocycles. The third kappa shape index (κ3) is 2.84. The van der Waals surface area contributed by atoms with Crippen LogP contribution in [0.15, 0.2) is 34.9 Å². The lowest BCUT2D eigenvalue weighted by atomic mass is 10.2. The molecule has 19 heavy (non-hydrogen) atoms. The predicted octanol–water partition coefficient (Wildman–Crippen LogP) is 2.65. The minimum Gasteiger partial charge on any atom is -0.507 e. The Morgan fingerprint density at radius 1 is 1.32 bits per heavy atom. The van der Waals surface area contributed by atoms with Gasteiger partial charge >= 0.3 is 6.18 Å². The first-order valence-electron chi connectivity index (χ1n) is 5.01. The van der Waals surface area contributed by atoms with Crippen LogP contribution in [0.5, 0.6) is 5.75 Å². The number of halogens is 3. The summed E-state index contributed by atoms with van der Waals surface area (Å²) in [6.07, 6.45) is -4.68. The number of hydrogen-bond donors (Lipinski definition) is 2. The highest BCUT2D eigenvalue weighted by Gasteiger charge is 2.36. The fourth-order valence-corrected chi connectivity index (χ4v) is 1.32. The number of benzene rings is 1. The van der Waals surface area contributed by atoms with Gasteiger partial charge < -0.3 is 14.9 Å². The zero-order valence-corrected chi connectivity index (χ0v) is 9.23. The van der Waals surface area contributed by atoms with E-state index in [0.29, 0.717) is 6.07 Å². The van der Waals surface area contributed by atoms with Gasteiger partial charge in [0.25, 0.3) is 5.91 Å². The smallest absolute Gasteiger partial charge is 0.452 e. The largest absolute Gasteiger partial charge is 0.507 e. The number of amides is 1. The van der Waals surface area contributed by atoms with Gasteiger partial charge in [0.05, 0.1) is 5.56 Å². The molecular formula is C11H7F3N2O3. The number of carbonyl (C=O) groups excluding carboxylic acids is 1. The van der Waals surface area contributed by atoms with Gasteiger partial charge in [-0.1, -0.05) is 17.3 Å². The molecule has 0 fully saturated rings. The van der Waals surface area contributed by atoms with Gasteiger partial charge in [-0.15, -0.1) is 0 Å². The van der Waals surface area contributed by atoms with Gasteiger partial charge in [-0.2, -0.15) is 13.2 Å². The number of phenols is 1. The maximum absolute atomic E-state index is 12.2. The molecule has 0 radical (unpaired) electrons. The molecule has 1 aromatic carbocycles. The fourth-order valence-electron chi connectivity index (χ4n) is 1.32. The number of nitrogens with one attached hydrogen (secondary N) is 1. The zero-order chi connectivity index (χ0) is 14.0. The van der Waals surface area contributed by atoms with Crippen molar-refractivity contribution in [3.63, 3.8) is 0 Å². The summed E-state index contributed by atoms with van der Waals surface area (Å²) in [5.74, 6) is -2.79. The molecule has 0 bridgehead atoms. The molecule has 0 saturated heterocycles. The van der Waals surface area contributed by atoms with E-state index in [0.717, 1.165) is 0 Å². The molecule has 2 rings (SSSR count). The Hall–Kier alpha value is -2.51. The normalized spacial score (nSPS) is 11.3. The highest BCUT2D eigenvalue weighted by Crippen LogP contribution is 2.30. The quantitative estimate of drug-likeness (QED) is 0.881. The van der Waals surface area contributed by atoms with Crippen molar-refractivity contribution in [2.75, 3.05) is 5.32 Å². The first-order chi connectivity index (χ1) is 8.88. The summed E-state index contributed by atoms with van der Waals surface area (Å²) in [4.78, 5) is 11.7. The van der Waals surface area contributed by atoms with E-state index in [1.54, 1.807) is 0 Å². The molecule has 100 valence electrons. The second-order valence-electron chi connectivity index (χ2n) is 3.55. The van der Waals surface area contributed by atoms with E-state index in [1.165, 1.54) is 24.3 Å². The molecule has 0 aliphatic rings. The van der Waals surface area contributed by atoms with E-state index in [4.69, 9.17) is 0 Å². The van der Waals surface area contributed by atoms with Gasteiger partial charge in [-0.05, 0) is 12.1 Å². The Labute approximate surface area is 104 Å². The third-order valence-electron chi connectivity index (χ3n) is 2.18. The standard InChI is InChI=1S/C11H7F3N2O3/c12-11(13,14)8-5-9(16-19-8)15-10(18)6-3-1-2-4-7(6)17/h1-5,17H,(H,15,16,18). The lowest BCUT2D eigenvalue weighted by Crippen LogP contribution is -2.12. The number of aromatic nitrogens is 1. The van der Waals surface area contributed by atoms with Crippen LogP contribution in [-0.4, -0.2) is 16.2 Å². The zero-order valence-electron chi connectivity index (χ0n) is 9.23. The van der Waals surface area contributed by atoms with Crippen molar-refractivity contribution in [2.45, 2.75) is 6.18 Å². The molecule has 0 atom stereocenters. The Kier molecular flexibility index (Phi) is 3.16. The van der Waals surface area contributed by atoms with Gasteiger partial charge in [0.1, 0.15) is 5.75 Å². The Morgan fingerprint density at radius 2 is 2.00 bits per heavy atom. The minimum absolute atomic E-state index is 0.0842. The van der Waals surface area contributed by atoms with Gasteiger partial charge in [0.15, 0.2) is 5.82 Å². The van der Waals surface area contributed by atoms with Crippen molar-refractivity contribution < 1.29 is 27.6 Å². The lowest BCUT2D eigenvalue weighted by Gasteiger charge is -2.02. The number of hydrogen-bond acceptors (Lipinski definition) is 4. The first-order valence-corrected chi connectivity index (χ1v) is 5.01. The summed E-state index contributed by atoms with van der Waals surface area (Å²) in [5.41, 5.74) is -0.0842. The highest BCUT2D eigenvalue weighted by atomic mass is 19.4. The van der Waals surface area contributed by atoms with Crippen molar-refractivity contribution in [1.82, 2.24) is 5.16 Å². The van der Waals surface area contributed by atoms with E-state index in [9.17, 15) is 23.1 Å². The summed E-state index contributed by atoms with van der Waals surface area (Å²) in [7, 11) is 0. The predicted molar refractivity (Wildman–Crippen MR) is 57.6 cm³/mol. The maximum Gasteiger partial charge on any atom is 0.452 e. The summed E-state index contributed by atoms with van der Waals surface area (Å²) >= 11 is 0. The molecule has 2 N–H and O–H groups in total. The number of rotatable bonds is 2. The van der Waals surface area contributed by atoms with Crippen LogP contribution in [0.3, 0.4) is 0 Å². The molecule has 2 aromatic rings. The third-order valence-corrected chi connectivity index (χ3v) is 2.18. The monoisotopic (exact) mass is 272 g/mol. The van der Waals surface area contributed by atoms with E-state index < -0.39 is 17.8 Å². The van der Waals surface area contributed by atoms with E-state index in [-0.39, 0.29) is 17.1 Å². The summed E-state index contributed by atoms with van der Waals surface area (Å²) in [5, 5.41) is 14.6. The van der Waals surface area contributed by atoms with Crippen LogP contribution in [0, 0.1) is 0 Å². The molecule has 0 aliphatic heterocycles. The van der Waals surface area contributed by atoms with Crippen LogP contribution in [-0.2, 0) is 6.18 Å². The Morgan fingerprint density at radius 3 is 2.58 bits per heavy atom. The van der Waals surface area contributed by atoms with E-state index in [1.807, 2.05) is 0 Å². The second kappa shape index (κ2) is 4.63. The van der Waals surface area contributed by atoms with Crippen LogP contribution >= 0.6 is 0 Å². The maximum atomic E-state index is 12.2. The van der Waals surface area contributed by atoms with Crippen LogP contribution in [0.4, 0.5) is 19.0 Å². The molecule has 5 nitrogen and oxygen atoms in total. The van der Waals surface area contributed by atoms with Gasteiger partial charge in [-0.3, -0.25) is 4.79 Å². The van der Waals surface area contributed by atoms with Gasteiger partial charge in [-0.25, -0.2) is 0 Å². The molecule has 0 spiro atoms. The topological polar surface area (TPSA) is 75.4 Å². The minimum atomic E-state index is -4.68. The molecule has 1 heterocycles. The molecule has 1 aromatic heterocycles. The first kappa shape index (κ1) is 12.9. The molecule has 0 unspecified atom stereocenters. The Balaban J connectivity index is 2.16. The summed E-state index contributed by atoms with van der Waals surface area (Å²) in [6, 6.07) is 6.15. The summed E-state index contributed by atoms with van der Waals surface area (Å²) < 4.78 is 40.8. The van der Waals surface area contributed by atoms with E-state index >= 15 is 0 Å². The van der Waals surface area contributed by atoms with Gasteiger partial charge in [0, 0.05) is 6.07 Å². The van der Waals surface area contributed by atoms with Gasteiger partial charge in [0.2, 0.25) is 5.76 Å². The average molecular weight is 272 g/mol. The Bertz CT molecular complexity index is 607. The number of nitrogens with zero attached hydrogens (tertiary/aromatic N) is 1. The second-order valence-corrected chi connectivity index (χ2v) is 3.55. The van der Waals surface area contributed by atoms with Crippen molar-refractivity contribution in [1.29, 1.82) is 0 Å². The molecular weight excluding hydrogens is 265 g/mol. The summed E-state index contributed by atoms with van der Waals surface area (Å²) in [6.45, 7) is 0. The number of para-hydroxylation sites is 1. The van der Waals surface area contributed by atoms with Crippen molar-refractivity contribution >= 4 is 11.7 Å². The van der Waals surface area contributed by atoms with Crippen molar-refractivity contribution in [2.24, 2.45) is 0 Å². The number of aromatic hydroxyl groups is 1. The molecule has 8 heteroatoms. The van der Waals surface area contributed by atoms with Crippen molar-refractivity contribution in [3.05, 3.63) is 41.7 Å². The number of anilines is 1. The van der Waals surface area contributed by atoms with E-state index in [2.05, 4.69) is 15.0 Å². The number of carbonyl (C=O) groups is 1. The number of phenolic OH excluding ortho intramolecular Hbond substituents is 1.